The maximum Gasteiger partial charge on any atom is 0.175 e. The highest BCUT2D eigenvalue weighted by Crippen LogP contribution is 2.15. The molecule has 0 amide bonds. The number of nitrogens with zero attached hydrogens (tertiary/aromatic N) is 1. The third-order valence-corrected chi connectivity index (χ3v) is 4.83. The number of β-amino-alcohol motifs (C(OH)–C–C–N with tert-alkyl or cyclic N) is 1. The van der Waals surface area contributed by atoms with Crippen molar-refractivity contribution in [2.45, 2.75) is 30.3 Å². The van der Waals surface area contributed by atoms with Gasteiger partial charge < -0.3 is 15.3 Å². The number of piperidine rings is 1. The summed E-state index contributed by atoms with van der Waals surface area (Å²) < 4.78 is 23.0. The Morgan fingerprint density at radius 1 is 1.29 bits per heavy atom. The van der Waals surface area contributed by atoms with Crippen LogP contribution in [0.5, 0.6) is 0 Å². The van der Waals surface area contributed by atoms with Gasteiger partial charge in [0.1, 0.15) is 0 Å². The van der Waals surface area contributed by atoms with Crippen molar-refractivity contribution in [3.63, 3.8) is 0 Å². The molecule has 21 heavy (non-hydrogen) atoms. The van der Waals surface area contributed by atoms with Gasteiger partial charge in [-0.1, -0.05) is 12.5 Å². The number of rotatable bonds is 6. The van der Waals surface area contributed by atoms with Crippen molar-refractivity contribution in [3.8, 4) is 0 Å². The zero-order chi connectivity index (χ0) is 15.3. The molecule has 0 aliphatic carbocycles. The number of likely N-dealkylation sites (tertiary alicyclic amines) is 1. The zero-order valence-corrected chi connectivity index (χ0v) is 13.3. The Balaban J connectivity index is 1.84. The predicted octanol–water partition coefficient (Wildman–Crippen LogP) is 1.35. The van der Waals surface area contributed by atoms with Gasteiger partial charge in [0.2, 0.25) is 0 Å². The number of anilines is 1. The third kappa shape index (κ3) is 5.30. The molecule has 1 aliphatic rings. The first kappa shape index (κ1) is 16.3. The van der Waals surface area contributed by atoms with Crippen LogP contribution in [0.2, 0.25) is 0 Å². The lowest BCUT2D eigenvalue weighted by Crippen LogP contribution is -2.39. The second-order valence-corrected chi connectivity index (χ2v) is 7.71. The van der Waals surface area contributed by atoms with Crippen LogP contribution in [0.25, 0.3) is 0 Å². The van der Waals surface area contributed by atoms with E-state index >= 15 is 0 Å². The maximum atomic E-state index is 11.5. The van der Waals surface area contributed by atoms with Gasteiger partial charge in [-0.25, -0.2) is 8.42 Å². The van der Waals surface area contributed by atoms with Crippen LogP contribution in [-0.2, 0) is 9.84 Å². The summed E-state index contributed by atoms with van der Waals surface area (Å²) in [5.41, 5.74) is 0.718. The van der Waals surface area contributed by atoms with Gasteiger partial charge in [0, 0.05) is 25.0 Å². The van der Waals surface area contributed by atoms with E-state index in [1.54, 1.807) is 18.2 Å². The topological polar surface area (TPSA) is 69.6 Å². The fourth-order valence-corrected chi connectivity index (χ4v) is 3.24. The fourth-order valence-electron chi connectivity index (χ4n) is 2.58. The van der Waals surface area contributed by atoms with Crippen LogP contribution in [0.15, 0.2) is 29.2 Å². The first-order chi connectivity index (χ1) is 9.95. The number of nitrogens with one attached hydrogen (secondary N) is 1. The Morgan fingerprint density at radius 2 is 2.00 bits per heavy atom. The highest BCUT2D eigenvalue weighted by atomic mass is 32.2. The number of sulfone groups is 1. The van der Waals surface area contributed by atoms with E-state index < -0.39 is 15.9 Å². The van der Waals surface area contributed by atoms with E-state index in [-0.39, 0.29) is 4.90 Å². The van der Waals surface area contributed by atoms with Gasteiger partial charge in [0.25, 0.3) is 0 Å². The largest absolute Gasteiger partial charge is 0.390 e. The molecule has 1 heterocycles. The molecule has 1 saturated heterocycles. The molecule has 1 aromatic carbocycles. The summed E-state index contributed by atoms with van der Waals surface area (Å²) in [5, 5.41) is 13.2. The van der Waals surface area contributed by atoms with Crippen molar-refractivity contribution >= 4 is 15.5 Å². The average Bonchev–Trinajstić information content (AvgIpc) is 2.46. The summed E-state index contributed by atoms with van der Waals surface area (Å²) in [6.45, 7) is 3.20. The third-order valence-electron chi connectivity index (χ3n) is 3.72. The molecule has 1 atom stereocenters. The molecule has 0 radical (unpaired) electrons. The Morgan fingerprint density at radius 3 is 2.67 bits per heavy atom. The minimum Gasteiger partial charge on any atom is -0.390 e. The lowest BCUT2D eigenvalue weighted by atomic mass is 10.1. The fraction of sp³-hybridized carbons (Fsp3) is 0.600. The van der Waals surface area contributed by atoms with Crippen molar-refractivity contribution in [2.24, 2.45) is 0 Å². The van der Waals surface area contributed by atoms with Gasteiger partial charge in [-0.15, -0.1) is 0 Å². The van der Waals surface area contributed by atoms with Crippen LogP contribution in [0.4, 0.5) is 5.69 Å². The quantitative estimate of drug-likeness (QED) is 0.830. The zero-order valence-electron chi connectivity index (χ0n) is 12.5. The van der Waals surface area contributed by atoms with Crippen molar-refractivity contribution in [1.29, 1.82) is 0 Å². The lowest BCUT2D eigenvalue weighted by molar-refractivity contribution is 0.110. The van der Waals surface area contributed by atoms with Crippen molar-refractivity contribution in [1.82, 2.24) is 4.90 Å². The molecule has 0 aromatic heterocycles. The summed E-state index contributed by atoms with van der Waals surface area (Å²) >= 11 is 0. The molecule has 1 fully saturated rings. The van der Waals surface area contributed by atoms with E-state index in [2.05, 4.69) is 10.2 Å². The molecule has 1 aliphatic heterocycles. The molecular weight excluding hydrogens is 288 g/mol. The number of benzene rings is 1. The van der Waals surface area contributed by atoms with Gasteiger partial charge in [-0.05, 0) is 44.1 Å². The number of hydrogen-bond donors (Lipinski definition) is 2. The molecule has 2 rings (SSSR count). The second-order valence-electron chi connectivity index (χ2n) is 5.70. The summed E-state index contributed by atoms with van der Waals surface area (Å²) in [5.74, 6) is 0. The van der Waals surface area contributed by atoms with Crippen LogP contribution in [0.3, 0.4) is 0 Å². The summed E-state index contributed by atoms with van der Waals surface area (Å²) in [6, 6.07) is 6.69. The van der Waals surface area contributed by atoms with E-state index in [4.69, 9.17) is 0 Å². The van der Waals surface area contributed by atoms with Crippen molar-refractivity contribution in [3.05, 3.63) is 24.3 Å². The summed E-state index contributed by atoms with van der Waals surface area (Å²) in [7, 11) is -3.20. The standard InChI is InChI=1S/C15H24N2O3S/c1-21(19,20)15-7-5-6-13(10-15)16-11-14(18)12-17-8-3-2-4-9-17/h5-7,10,14,16,18H,2-4,8-9,11-12H2,1H3. The average molecular weight is 312 g/mol. The highest BCUT2D eigenvalue weighted by molar-refractivity contribution is 7.90. The van der Waals surface area contributed by atoms with E-state index in [0.717, 1.165) is 18.8 Å². The SMILES string of the molecule is CS(=O)(=O)c1cccc(NCC(O)CN2CCCCC2)c1. The van der Waals surface area contributed by atoms with E-state index in [0.29, 0.717) is 13.1 Å². The molecule has 0 spiro atoms. The number of hydrogen-bond acceptors (Lipinski definition) is 5. The normalized spacial score (nSPS) is 18.4. The van der Waals surface area contributed by atoms with Gasteiger partial charge in [0.15, 0.2) is 9.84 Å². The van der Waals surface area contributed by atoms with Gasteiger partial charge >= 0.3 is 0 Å². The number of aliphatic hydroxyl groups is 1. The molecule has 0 bridgehead atoms. The Kier molecular flexibility index (Phi) is 5.61. The van der Waals surface area contributed by atoms with Crippen LogP contribution >= 0.6 is 0 Å². The molecule has 2 N–H and O–H groups in total. The monoisotopic (exact) mass is 312 g/mol. The predicted molar refractivity (Wildman–Crippen MR) is 84.3 cm³/mol. The van der Waals surface area contributed by atoms with Crippen LogP contribution in [0.1, 0.15) is 19.3 Å². The van der Waals surface area contributed by atoms with Crippen LogP contribution in [0, 0.1) is 0 Å². The van der Waals surface area contributed by atoms with E-state index in [1.165, 1.54) is 25.5 Å². The minimum absolute atomic E-state index is 0.290. The maximum absolute atomic E-state index is 11.5. The molecule has 1 unspecified atom stereocenters. The summed E-state index contributed by atoms with van der Waals surface area (Å²) in [6.07, 6.45) is 4.43. The molecular formula is C15H24N2O3S. The van der Waals surface area contributed by atoms with Gasteiger partial charge in [-0.3, -0.25) is 0 Å². The van der Waals surface area contributed by atoms with E-state index in [9.17, 15) is 13.5 Å². The molecule has 0 saturated carbocycles. The Bertz CT molecular complexity index is 554. The van der Waals surface area contributed by atoms with Gasteiger partial charge in [-0.2, -0.15) is 0 Å². The molecule has 118 valence electrons. The molecule has 1 aromatic rings. The smallest absolute Gasteiger partial charge is 0.175 e. The van der Waals surface area contributed by atoms with Crippen molar-refractivity contribution in [2.75, 3.05) is 37.8 Å². The lowest BCUT2D eigenvalue weighted by Gasteiger charge is -2.28. The number of aliphatic hydroxyl groups excluding tert-OH is 1. The van der Waals surface area contributed by atoms with E-state index in [1.807, 2.05) is 6.07 Å². The van der Waals surface area contributed by atoms with Crippen LogP contribution in [-0.4, -0.2) is 57.0 Å². The molecule has 6 heteroatoms. The Hall–Kier alpha value is -1.11. The summed E-state index contributed by atoms with van der Waals surface area (Å²) in [4.78, 5) is 2.57. The first-order valence-corrected chi connectivity index (χ1v) is 9.29. The highest BCUT2D eigenvalue weighted by Gasteiger charge is 2.14. The van der Waals surface area contributed by atoms with Crippen LogP contribution < -0.4 is 5.32 Å². The minimum atomic E-state index is -3.20. The van der Waals surface area contributed by atoms with Gasteiger partial charge in [0.05, 0.1) is 11.0 Å². The Labute approximate surface area is 126 Å². The second kappa shape index (κ2) is 7.24. The first-order valence-electron chi connectivity index (χ1n) is 7.39. The molecule has 5 nitrogen and oxygen atoms in total. The van der Waals surface area contributed by atoms with Crippen molar-refractivity contribution < 1.29 is 13.5 Å².